The zero-order valence-corrected chi connectivity index (χ0v) is 16.8. The fourth-order valence-electron chi connectivity index (χ4n) is 3.12. The van der Waals surface area contributed by atoms with Gasteiger partial charge in [0, 0.05) is 6.42 Å². The number of amides is 1. The number of ether oxygens (including phenoxy) is 1. The van der Waals surface area contributed by atoms with E-state index in [-0.39, 0.29) is 18.1 Å². The van der Waals surface area contributed by atoms with E-state index >= 15 is 0 Å². The number of hydrogen-bond acceptors (Lipinski definition) is 4. The first-order valence-electron chi connectivity index (χ1n) is 9.12. The maximum absolute atomic E-state index is 13.1. The number of hydrogen-bond donors (Lipinski definition) is 1. The molecule has 0 fully saturated rings. The summed E-state index contributed by atoms with van der Waals surface area (Å²) in [6.45, 7) is 1.94. The first-order valence-corrected chi connectivity index (χ1v) is 10.00. The number of carbonyl (C=O) groups excluding carboxylic acids is 2. The number of nitrogens with one attached hydrogen (secondary N) is 1. The first-order chi connectivity index (χ1) is 13.6. The van der Waals surface area contributed by atoms with Crippen molar-refractivity contribution in [2.75, 3.05) is 7.11 Å². The number of thiophene rings is 1. The molecule has 1 amide bonds. The van der Waals surface area contributed by atoms with Crippen LogP contribution in [0.5, 0.6) is 5.75 Å². The van der Waals surface area contributed by atoms with E-state index in [9.17, 15) is 9.59 Å². The Morgan fingerprint density at radius 2 is 1.82 bits per heavy atom. The molecule has 0 spiro atoms. The van der Waals surface area contributed by atoms with Crippen LogP contribution in [-0.4, -0.2) is 24.8 Å². The van der Waals surface area contributed by atoms with Crippen molar-refractivity contribution in [2.45, 2.75) is 25.8 Å². The van der Waals surface area contributed by atoms with Crippen LogP contribution in [0.15, 0.2) is 66.0 Å². The Bertz CT molecular complexity index is 936. The molecule has 28 heavy (non-hydrogen) atoms. The summed E-state index contributed by atoms with van der Waals surface area (Å²) < 4.78 is 5.36. The lowest BCUT2D eigenvalue weighted by Crippen LogP contribution is -2.43. The third kappa shape index (κ3) is 4.87. The lowest BCUT2D eigenvalue weighted by molar-refractivity contribution is -0.120. The van der Waals surface area contributed by atoms with Crippen molar-refractivity contribution in [3.8, 4) is 5.75 Å². The van der Waals surface area contributed by atoms with Gasteiger partial charge in [0.15, 0.2) is 5.78 Å². The topological polar surface area (TPSA) is 55.4 Å². The van der Waals surface area contributed by atoms with Gasteiger partial charge in [-0.2, -0.15) is 0 Å². The van der Waals surface area contributed by atoms with E-state index in [4.69, 9.17) is 4.74 Å². The quantitative estimate of drug-likeness (QED) is 0.623. The van der Waals surface area contributed by atoms with Gasteiger partial charge in [-0.1, -0.05) is 48.5 Å². The van der Waals surface area contributed by atoms with E-state index < -0.39 is 6.04 Å². The largest absolute Gasteiger partial charge is 0.496 e. The highest BCUT2D eigenvalue weighted by Crippen LogP contribution is 2.22. The van der Waals surface area contributed by atoms with Crippen molar-refractivity contribution in [2.24, 2.45) is 0 Å². The average molecular weight is 394 g/mol. The highest BCUT2D eigenvalue weighted by molar-refractivity contribution is 7.12. The number of benzene rings is 2. The monoisotopic (exact) mass is 393 g/mol. The molecule has 0 aliphatic rings. The molecular weight excluding hydrogens is 370 g/mol. The van der Waals surface area contributed by atoms with Gasteiger partial charge in [-0.3, -0.25) is 9.59 Å². The molecule has 3 rings (SSSR count). The van der Waals surface area contributed by atoms with Crippen LogP contribution in [0.3, 0.4) is 0 Å². The molecule has 144 valence electrons. The molecule has 0 radical (unpaired) electrons. The number of Topliss-reactive ketones (excluding diaryl/α,β-unsaturated/α-hetero) is 1. The highest BCUT2D eigenvalue weighted by atomic mass is 32.1. The minimum Gasteiger partial charge on any atom is -0.496 e. The fourth-order valence-corrected chi connectivity index (χ4v) is 3.74. The van der Waals surface area contributed by atoms with E-state index in [1.165, 1.54) is 11.3 Å². The number of rotatable bonds is 8. The van der Waals surface area contributed by atoms with Crippen LogP contribution in [-0.2, 0) is 17.6 Å². The molecule has 0 aliphatic heterocycles. The number of methoxy groups -OCH3 is 1. The van der Waals surface area contributed by atoms with Crippen LogP contribution in [0.1, 0.15) is 26.4 Å². The minimum absolute atomic E-state index is 0.0230. The van der Waals surface area contributed by atoms with Crippen molar-refractivity contribution in [1.82, 2.24) is 5.32 Å². The van der Waals surface area contributed by atoms with Crippen LogP contribution in [0.2, 0.25) is 0 Å². The summed E-state index contributed by atoms with van der Waals surface area (Å²) in [5, 5.41) is 4.78. The smallest absolute Gasteiger partial charge is 0.261 e. The highest BCUT2D eigenvalue weighted by Gasteiger charge is 2.23. The molecule has 0 bridgehead atoms. The number of ketones is 1. The van der Waals surface area contributed by atoms with Crippen LogP contribution in [0, 0.1) is 6.92 Å². The molecule has 3 aromatic rings. The molecule has 1 aromatic heterocycles. The molecule has 1 atom stereocenters. The van der Waals surface area contributed by atoms with Gasteiger partial charge in [-0.25, -0.2) is 0 Å². The Morgan fingerprint density at radius 3 is 2.50 bits per heavy atom. The summed E-state index contributed by atoms with van der Waals surface area (Å²) in [7, 11) is 1.62. The van der Waals surface area contributed by atoms with Gasteiger partial charge in [0.1, 0.15) is 5.75 Å². The summed E-state index contributed by atoms with van der Waals surface area (Å²) in [4.78, 5) is 26.3. The zero-order chi connectivity index (χ0) is 19.9. The van der Waals surface area contributed by atoms with Crippen LogP contribution >= 0.6 is 11.3 Å². The molecule has 1 N–H and O–H groups in total. The Kier molecular flexibility index (Phi) is 6.61. The first kappa shape index (κ1) is 19.8. The second-order valence-electron chi connectivity index (χ2n) is 6.58. The van der Waals surface area contributed by atoms with E-state index in [1.807, 2.05) is 66.9 Å². The van der Waals surface area contributed by atoms with Gasteiger partial charge >= 0.3 is 0 Å². The summed E-state index contributed by atoms with van der Waals surface area (Å²) in [6, 6.07) is 18.4. The molecular formula is C23H23NO3S. The van der Waals surface area contributed by atoms with Crippen molar-refractivity contribution >= 4 is 23.0 Å². The molecule has 0 saturated heterocycles. The summed E-state index contributed by atoms with van der Waals surface area (Å²) in [5.74, 6) is 0.518. The van der Waals surface area contributed by atoms with Crippen molar-refractivity contribution in [3.05, 3.63) is 87.6 Å². The second-order valence-corrected chi connectivity index (χ2v) is 7.53. The van der Waals surface area contributed by atoms with Gasteiger partial charge in [0.2, 0.25) is 0 Å². The maximum Gasteiger partial charge on any atom is 0.261 e. The number of carbonyl (C=O) groups is 2. The third-order valence-electron chi connectivity index (χ3n) is 4.70. The van der Waals surface area contributed by atoms with Gasteiger partial charge in [-0.05, 0) is 47.5 Å². The molecule has 1 heterocycles. The normalized spacial score (nSPS) is 11.6. The lowest BCUT2D eigenvalue weighted by atomic mass is 9.95. The van der Waals surface area contributed by atoms with Crippen molar-refractivity contribution < 1.29 is 14.3 Å². The summed E-state index contributed by atoms with van der Waals surface area (Å²) >= 11 is 1.36. The lowest BCUT2D eigenvalue weighted by Gasteiger charge is -2.19. The predicted octanol–water partition coefficient (Wildman–Crippen LogP) is 4.22. The van der Waals surface area contributed by atoms with Gasteiger partial charge < -0.3 is 10.1 Å². The third-order valence-corrected chi connectivity index (χ3v) is 5.57. The molecule has 2 aromatic carbocycles. The average Bonchev–Trinajstić information content (AvgIpc) is 3.25. The van der Waals surface area contributed by atoms with Crippen LogP contribution in [0.25, 0.3) is 0 Å². The van der Waals surface area contributed by atoms with Crippen molar-refractivity contribution in [1.29, 1.82) is 0 Å². The van der Waals surface area contributed by atoms with Crippen molar-refractivity contribution in [3.63, 3.8) is 0 Å². The molecule has 0 saturated carbocycles. The van der Waals surface area contributed by atoms with Gasteiger partial charge in [-0.15, -0.1) is 11.3 Å². The SMILES string of the molecule is COc1cccc(CC(=O)C(Cc2ccccc2)NC(=O)c2cccs2)c1C. The van der Waals surface area contributed by atoms with E-state index in [1.54, 1.807) is 13.2 Å². The van der Waals surface area contributed by atoms with E-state index in [0.717, 1.165) is 22.4 Å². The van der Waals surface area contributed by atoms with E-state index in [2.05, 4.69) is 5.32 Å². The molecule has 5 heteroatoms. The Labute approximate surface area is 169 Å². The standard InChI is InChI=1S/C23H23NO3S/c1-16-18(10-6-11-21(16)27-2)15-20(25)19(14-17-8-4-3-5-9-17)24-23(26)22-12-7-13-28-22/h3-13,19H,14-15H2,1-2H3,(H,24,26). The van der Waals surface area contributed by atoms with Crippen LogP contribution in [0.4, 0.5) is 0 Å². The van der Waals surface area contributed by atoms with Crippen LogP contribution < -0.4 is 10.1 Å². The summed E-state index contributed by atoms with van der Waals surface area (Å²) in [5.41, 5.74) is 2.86. The Balaban J connectivity index is 1.81. The van der Waals surface area contributed by atoms with E-state index in [0.29, 0.717) is 11.3 Å². The van der Waals surface area contributed by atoms with Gasteiger partial charge in [0.05, 0.1) is 18.0 Å². The Hall–Kier alpha value is -2.92. The second kappa shape index (κ2) is 9.33. The molecule has 4 nitrogen and oxygen atoms in total. The predicted molar refractivity (Wildman–Crippen MR) is 112 cm³/mol. The fraction of sp³-hybridized carbons (Fsp3) is 0.217. The molecule has 1 unspecified atom stereocenters. The Morgan fingerprint density at radius 1 is 1.04 bits per heavy atom. The molecule has 0 aliphatic carbocycles. The van der Waals surface area contributed by atoms with Gasteiger partial charge in [0.25, 0.3) is 5.91 Å². The minimum atomic E-state index is -0.595. The summed E-state index contributed by atoms with van der Waals surface area (Å²) in [6.07, 6.45) is 0.699. The zero-order valence-electron chi connectivity index (χ0n) is 16.0. The maximum atomic E-state index is 13.1.